The maximum atomic E-state index is 13.0. The Labute approximate surface area is 157 Å². The van der Waals surface area contributed by atoms with E-state index >= 15 is 0 Å². The lowest BCUT2D eigenvalue weighted by Crippen LogP contribution is -2.20. The maximum absolute atomic E-state index is 13.0. The lowest BCUT2D eigenvalue weighted by atomic mass is 10.1. The van der Waals surface area contributed by atoms with Crippen molar-refractivity contribution in [3.05, 3.63) is 47.7 Å². The molecule has 1 heterocycles. The van der Waals surface area contributed by atoms with Crippen LogP contribution in [-0.2, 0) is 21.4 Å². The van der Waals surface area contributed by atoms with E-state index in [1.54, 1.807) is 30.5 Å². The molecule has 0 aliphatic heterocycles. The molecule has 0 spiro atoms. The molecule has 142 valence electrons. The highest BCUT2D eigenvalue weighted by Crippen LogP contribution is 2.29. The summed E-state index contributed by atoms with van der Waals surface area (Å²) in [5, 5.41) is 10.4. The number of nitrogens with zero attached hydrogens (tertiary/aromatic N) is 1. The molecule has 3 N–H and O–H groups in total. The fourth-order valence-electron chi connectivity index (χ4n) is 2.77. The number of aromatic nitrogens is 2. The van der Waals surface area contributed by atoms with Crippen LogP contribution in [-0.4, -0.2) is 31.6 Å². The van der Waals surface area contributed by atoms with Crippen LogP contribution >= 0.6 is 0 Å². The highest BCUT2D eigenvalue weighted by molar-refractivity contribution is 7.92. The molecule has 0 saturated carbocycles. The summed E-state index contributed by atoms with van der Waals surface area (Å²) in [5.74, 6) is 0.0186. The number of benzene rings is 2. The number of hydrogen-bond acceptors (Lipinski definition) is 5. The van der Waals surface area contributed by atoms with E-state index in [-0.39, 0.29) is 23.1 Å². The van der Waals surface area contributed by atoms with Gasteiger partial charge in [0.15, 0.2) is 0 Å². The number of rotatable bonds is 6. The van der Waals surface area contributed by atoms with Gasteiger partial charge in [0.2, 0.25) is 5.91 Å². The zero-order valence-electron chi connectivity index (χ0n) is 15.2. The quantitative estimate of drug-likeness (QED) is 0.600. The van der Waals surface area contributed by atoms with Crippen molar-refractivity contribution in [3.8, 4) is 5.75 Å². The third-order valence-corrected chi connectivity index (χ3v) is 5.48. The van der Waals surface area contributed by atoms with Gasteiger partial charge in [-0.3, -0.25) is 14.6 Å². The molecule has 8 nitrogen and oxygen atoms in total. The van der Waals surface area contributed by atoms with E-state index in [2.05, 4.69) is 20.2 Å². The van der Waals surface area contributed by atoms with Gasteiger partial charge in [0.25, 0.3) is 10.0 Å². The molecule has 0 unspecified atom stereocenters. The lowest BCUT2D eigenvalue weighted by molar-refractivity contribution is -0.119. The summed E-state index contributed by atoms with van der Waals surface area (Å²) in [7, 11) is -2.50. The molecule has 0 fully saturated rings. The second-order valence-corrected chi connectivity index (χ2v) is 7.78. The molecule has 1 aromatic heterocycles. The van der Waals surface area contributed by atoms with Crippen LogP contribution < -0.4 is 14.8 Å². The summed E-state index contributed by atoms with van der Waals surface area (Å²) in [4.78, 5) is 11.1. The zero-order valence-corrected chi connectivity index (χ0v) is 16.0. The number of methoxy groups -OCH3 is 1. The van der Waals surface area contributed by atoms with Gasteiger partial charge in [0, 0.05) is 18.9 Å². The van der Waals surface area contributed by atoms with Crippen molar-refractivity contribution < 1.29 is 17.9 Å². The second-order valence-electron chi connectivity index (χ2n) is 6.12. The van der Waals surface area contributed by atoms with Crippen LogP contribution in [0.3, 0.4) is 0 Å². The molecule has 0 saturated heterocycles. The highest BCUT2D eigenvalue weighted by Gasteiger charge is 2.21. The van der Waals surface area contributed by atoms with Crippen LogP contribution in [0.15, 0.2) is 41.4 Å². The molecule has 2 aromatic carbocycles. The van der Waals surface area contributed by atoms with Gasteiger partial charge in [-0.2, -0.15) is 5.10 Å². The van der Waals surface area contributed by atoms with Crippen molar-refractivity contribution in [2.24, 2.45) is 0 Å². The number of carbonyl (C=O) groups is 1. The number of aryl methyl sites for hydroxylation is 1. The Hall–Kier alpha value is -3.07. The largest absolute Gasteiger partial charge is 0.495 e. The van der Waals surface area contributed by atoms with E-state index in [9.17, 15) is 13.2 Å². The van der Waals surface area contributed by atoms with Crippen LogP contribution in [0, 0.1) is 6.92 Å². The van der Waals surface area contributed by atoms with Crippen molar-refractivity contribution in [1.82, 2.24) is 15.5 Å². The average molecular weight is 388 g/mol. The van der Waals surface area contributed by atoms with E-state index < -0.39 is 10.0 Å². The van der Waals surface area contributed by atoms with Gasteiger partial charge in [-0.1, -0.05) is 6.07 Å². The SMILES string of the molecule is COc1ccc(CNC(C)=O)cc1S(=O)(=O)Nc1cc(C)c2cn[nH]c2c1. The Kier molecular flexibility index (Phi) is 5.04. The summed E-state index contributed by atoms with van der Waals surface area (Å²) in [6.07, 6.45) is 1.69. The minimum Gasteiger partial charge on any atom is -0.495 e. The molecule has 0 radical (unpaired) electrons. The maximum Gasteiger partial charge on any atom is 0.265 e. The van der Waals surface area contributed by atoms with E-state index in [1.165, 1.54) is 20.1 Å². The fourth-order valence-corrected chi connectivity index (χ4v) is 4.03. The number of fused-ring (bicyclic) bond motifs is 1. The molecular weight excluding hydrogens is 368 g/mol. The number of anilines is 1. The first-order chi connectivity index (χ1) is 12.8. The van der Waals surface area contributed by atoms with Gasteiger partial charge in [-0.25, -0.2) is 8.42 Å². The van der Waals surface area contributed by atoms with Gasteiger partial charge in [-0.05, 0) is 42.3 Å². The summed E-state index contributed by atoms with van der Waals surface area (Å²) >= 11 is 0. The number of amides is 1. The number of sulfonamides is 1. The summed E-state index contributed by atoms with van der Waals surface area (Å²) in [6.45, 7) is 3.50. The van der Waals surface area contributed by atoms with Crippen molar-refractivity contribution >= 4 is 32.5 Å². The Morgan fingerprint density at radius 1 is 1.26 bits per heavy atom. The van der Waals surface area contributed by atoms with Crippen molar-refractivity contribution in [2.45, 2.75) is 25.3 Å². The predicted octanol–water partition coefficient (Wildman–Crippen LogP) is 2.32. The van der Waals surface area contributed by atoms with Gasteiger partial charge in [-0.15, -0.1) is 0 Å². The molecule has 3 rings (SSSR count). The molecule has 1 amide bonds. The lowest BCUT2D eigenvalue weighted by Gasteiger charge is -2.14. The van der Waals surface area contributed by atoms with Gasteiger partial charge >= 0.3 is 0 Å². The number of carbonyl (C=O) groups excluding carboxylic acids is 1. The summed E-state index contributed by atoms with van der Waals surface area (Å²) < 4.78 is 33.7. The van der Waals surface area contributed by atoms with E-state index in [1.807, 2.05) is 6.92 Å². The van der Waals surface area contributed by atoms with Gasteiger partial charge < -0.3 is 10.1 Å². The van der Waals surface area contributed by atoms with Crippen molar-refractivity contribution in [3.63, 3.8) is 0 Å². The monoisotopic (exact) mass is 388 g/mol. The molecule has 0 bridgehead atoms. The van der Waals surface area contributed by atoms with Crippen LogP contribution in [0.4, 0.5) is 5.69 Å². The van der Waals surface area contributed by atoms with Gasteiger partial charge in [0.05, 0.1) is 24.5 Å². The van der Waals surface area contributed by atoms with Crippen LogP contribution in [0.2, 0.25) is 0 Å². The van der Waals surface area contributed by atoms with Crippen LogP contribution in [0.25, 0.3) is 10.9 Å². The van der Waals surface area contributed by atoms with Crippen molar-refractivity contribution in [1.29, 1.82) is 0 Å². The summed E-state index contributed by atoms with van der Waals surface area (Å²) in [6, 6.07) is 8.17. The predicted molar refractivity (Wildman–Crippen MR) is 102 cm³/mol. The van der Waals surface area contributed by atoms with Crippen LogP contribution in [0.1, 0.15) is 18.1 Å². The molecule has 0 atom stereocenters. The van der Waals surface area contributed by atoms with Gasteiger partial charge in [0.1, 0.15) is 10.6 Å². The number of hydrogen-bond donors (Lipinski definition) is 3. The normalized spacial score (nSPS) is 11.4. The van der Waals surface area contributed by atoms with Crippen molar-refractivity contribution in [2.75, 3.05) is 11.8 Å². The number of ether oxygens (including phenoxy) is 1. The standard InChI is InChI=1S/C18H20N4O4S/c1-11-6-14(8-16-15(11)10-20-21-16)22-27(24,25)18-7-13(9-19-12(2)23)4-5-17(18)26-3/h4-8,10,22H,9H2,1-3H3,(H,19,23)(H,20,21). The second kappa shape index (κ2) is 7.28. The third-order valence-electron chi connectivity index (χ3n) is 4.08. The Bertz CT molecular complexity index is 1110. The minimum atomic E-state index is -3.91. The smallest absolute Gasteiger partial charge is 0.265 e. The molecule has 3 aromatic rings. The minimum absolute atomic E-state index is 0.00443. The van der Waals surface area contributed by atoms with Crippen LogP contribution in [0.5, 0.6) is 5.75 Å². The number of nitrogens with one attached hydrogen (secondary N) is 3. The average Bonchev–Trinajstić information content (AvgIpc) is 3.08. The fraction of sp³-hybridized carbons (Fsp3) is 0.222. The Morgan fingerprint density at radius 3 is 2.74 bits per heavy atom. The molecular formula is C18H20N4O4S. The summed E-state index contributed by atoms with van der Waals surface area (Å²) in [5.41, 5.74) is 2.69. The third kappa shape index (κ3) is 4.03. The van der Waals surface area contributed by atoms with E-state index in [4.69, 9.17) is 4.74 Å². The molecule has 9 heteroatoms. The Morgan fingerprint density at radius 2 is 2.04 bits per heavy atom. The first-order valence-corrected chi connectivity index (χ1v) is 9.66. The Balaban J connectivity index is 1.96. The highest BCUT2D eigenvalue weighted by atomic mass is 32.2. The molecule has 0 aliphatic rings. The first-order valence-electron chi connectivity index (χ1n) is 8.18. The number of H-pyrrole nitrogens is 1. The molecule has 0 aliphatic carbocycles. The molecule has 27 heavy (non-hydrogen) atoms. The van der Waals surface area contributed by atoms with E-state index in [0.717, 1.165) is 16.5 Å². The first kappa shape index (κ1) is 18.7. The van der Waals surface area contributed by atoms with E-state index in [0.29, 0.717) is 11.3 Å². The topological polar surface area (TPSA) is 113 Å². The zero-order chi connectivity index (χ0) is 19.6. The number of aromatic amines is 1.